The van der Waals surface area contributed by atoms with Crippen LogP contribution in [0, 0.1) is 5.82 Å². The van der Waals surface area contributed by atoms with Crippen molar-refractivity contribution >= 4 is 6.09 Å². The number of hydrogen-bond donors (Lipinski definition) is 1. The Morgan fingerprint density at radius 3 is 2.13 bits per heavy atom. The molecule has 1 rings (SSSR count). The predicted molar refractivity (Wildman–Crippen MR) is 83.0 cm³/mol. The van der Waals surface area contributed by atoms with Crippen molar-refractivity contribution in [3.05, 3.63) is 35.6 Å². The lowest BCUT2D eigenvalue weighted by Gasteiger charge is -2.33. The van der Waals surface area contributed by atoms with Crippen LogP contribution in [-0.4, -0.2) is 17.6 Å². The lowest BCUT2D eigenvalue weighted by atomic mass is 9.86. The van der Waals surface area contributed by atoms with E-state index in [9.17, 15) is 18.0 Å². The van der Waals surface area contributed by atoms with Crippen LogP contribution >= 0.6 is 0 Å². The molecule has 1 aromatic rings. The zero-order chi connectivity index (χ0) is 17.9. The molecule has 0 aromatic heterocycles. The molecule has 6 heteroatoms. The van der Waals surface area contributed by atoms with E-state index in [0.717, 1.165) is 6.92 Å². The van der Waals surface area contributed by atoms with Gasteiger partial charge in [0.05, 0.1) is 5.54 Å². The van der Waals surface area contributed by atoms with Crippen molar-refractivity contribution in [1.29, 1.82) is 0 Å². The summed E-state index contributed by atoms with van der Waals surface area (Å²) in [5, 5.41) is 2.55. The maximum absolute atomic E-state index is 14.1. The van der Waals surface area contributed by atoms with Gasteiger partial charge < -0.3 is 10.1 Å². The molecule has 1 amide bonds. The third-order valence-corrected chi connectivity index (χ3v) is 3.31. The van der Waals surface area contributed by atoms with Gasteiger partial charge in [-0.05, 0) is 47.1 Å². The molecule has 0 saturated heterocycles. The molecule has 0 aliphatic carbocycles. The van der Waals surface area contributed by atoms with Crippen LogP contribution in [0.25, 0.3) is 0 Å². The minimum absolute atomic E-state index is 0.128. The maximum Gasteiger partial charge on any atom is 0.408 e. The smallest absolute Gasteiger partial charge is 0.408 e. The first-order valence-corrected chi connectivity index (χ1v) is 7.46. The first-order chi connectivity index (χ1) is 10.3. The second kappa shape index (κ2) is 6.81. The van der Waals surface area contributed by atoms with Gasteiger partial charge in [-0.1, -0.05) is 18.2 Å². The zero-order valence-electron chi connectivity index (χ0n) is 14.2. The van der Waals surface area contributed by atoms with E-state index in [1.165, 1.54) is 25.1 Å². The van der Waals surface area contributed by atoms with Gasteiger partial charge in [0.15, 0.2) is 0 Å². The van der Waals surface area contributed by atoms with Gasteiger partial charge in [0.25, 0.3) is 0 Å². The molecule has 0 aliphatic heterocycles. The summed E-state index contributed by atoms with van der Waals surface area (Å²) in [6.07, 6.45) is -1.40. The average Bonchev–Trinajstić information content (AvgIpc) is 2.33. The summed E-state index contributed by atoms with van der Waals surface area (Å²) in [7, 11) is 0. The SMILES string of the molecule is CC(F)(F)CCC(C)(NC(=O)OC(C)(C)C)c1ccccc1F. The van der Waals surface area contributed by atoms with E-state index < -0.39 is 35.4 Å². The number of carbonyl (C=O) groups excluding carboxylic acids is 1. The molecule has 0 spiro atoms. The number of benzene rings is 1. The molecule has 0 heterocycles. The van der Waals surface area contributed by atoms with Crippen molar-refractivity contribution in [2.75, 3.05) is 0 Å². The van der Waals surface area contributed by atoms with Gasteiger partial charge in [-0.15, -0.1) is 0 Å². The lowest BCUT2D eigenvalue weighted by molar-refractivity contribution is 0.000553. The standard InChI is InChI=1S/C17H24F3NO2/c1-15(2,3)23-14(22)21-16(4,10-11-17(5,19)20)12-8-6-7-9-13(12)18/h6-9H,10-11H2,1-5H3,(H,21,22). The third kappa shape index (κ3) is 6.50. The van der Waals surface area contributed by atoms with Crippen LogP contribution in [0.4, 0.5) is 18.0 Å². The first-order valence-electron chi connectivity index (χ1n) is 7.46. The van der Waals surface area contributed by atoms with Crippen LogP contribution in [0.3, 0.4) is 0 Å². The number of rotatable bonds is 5. The number of hydrogen-bond acceptors (Lipinski definition) is 2. The molecule has 3 nitrogen and oxygen atoms in total. The second-order valence-corrected chi connectivity index (χ2v) is 7.01. The quantitative estimate of drug-likeness (QED) is 0.824. The Morgan fingerprint density at radius 2 is 1.65 bits per heavy atom. The van der Waals surface area contributed by atoms with Crippen molar-refractivity contribution in [2.24, 2.45) is 0 Å². The van der Waals surface area contributed by atoms with Crippen LogP contribution in [0.2, 0.25) is 0 Å². The topological polar surface area (TPSA) is 38.3 Å². The molecule has 0 radical (unpaired) electrons. The number of amides is 1. The first kappa shape index (κ1) is 19.3. The molecule has 130 valence electrons. The van der Waals surface area contributed by atoms with Gasteiger partial charge in [-0.3, -0.25) is 0 Å². The number of alkyl halides is 2. The fraction of sp³-hybridized carbons (Fsp3) is 0.588. The van der Waals surface area contributed by atoms with Crippen molar-refractivity contribution in [1.82, 2.24) is 5.32 Å². The van der Waals surface area contributed by atoms with E-state index in [1.807, 2.05) is 0 Å². The largest absolute Gasteiger partial charge is 0.444 e. The predicted octanol–water partition coefficient (Wildman–Crippen LogP) is 5.00. The number of ether oxygens (including phenoxy) is 1. The van der Waals surface area contributed by atoms with E-state index in [1.54, 1.807) is 26.8 Å². The molecule has 0 aliphatic rings. The summed E-state index contributed by atoms with van der Waals surface area (Å²) < 4.78 is 45.8. The van der Waals surface area contributed by atoms with Crippen LogP contribution in [0.1, 0.15) is 53.0 Å². The van der Waals surface area contributed by atoms with E-state index in [4.69, 9.17) is 4.74 Å². The zero-order valence-corrected chi connectivity index (χ0v) is 14.2. The monoisotopic (exact) mass is 331 g/mol. The molecular formula is C17H24F3NO2. The van der Waals surface area contributed by atoms with E-state index >= 15 is 0 Å². The fourth-order valence-corrected chi connectivity index (χ4v) is 2.17. The Kier molecular flexibility index (Phi) is 5.72. The third-order valence-electron chi connectivity index (χ3n) is 3.31. The molecule has 23 heavy (non-hydrogen) atoms. The lowest BCUT2D eigenvalue weighted by Crippen LogP contribution is -2.46. The maximum atomic E-state index is 14.1. The molecule has 1 aromatic carbocycles. The minimum Gasteiger partial charge on any atom is -0.444 e. The molecule has 1 N–H and O–H groups in total. The summed E-state index contributed by atoms with van der Waals surface area (Å²) in [6.45, 7) is 7.37. The summed E-state index contributed by atoms with van der Waals surface area (Å²) in [5.74, 6) is -3.48. The van der Waals surface area contributed by atoms with Crippen LogP contribution in [0.15, 0.2) is 24.3 Å². The van der Waals surface area contributed by atoms with Gasteiger partial charge in [0.2, 0.25) is 5.92 Å². The summed E-state index contributed by atoms with van der Waals surface area (Å²) in [5.41, 5.74) is -1.89. The second-order valence-electron chi connectivity index (χ2n) is 7.01. The Morgan fingerprint density at radius 1 is 1.09 bits per heavy atom. The summed E-state index contributed by atoms with van der Waals surface area (Å²) in [4.78, 5) is 12.0. The molecule has 1 atom stereocenters. The van der Waals surface area contributed by atoms with Crippen molar-refractivity contribution in [2.45, 2.75) is 64.5 Å². The molecular weight excluding hydrogens is 307 g/mol. The highest BCUT2D eigenvalue weighted by Gasteiger charge is 2.36. The van der Waals surface area contributed by atoms with Gasteiger partial charge >= 0.3 is 6.09 Å². The highest BCUT2D eigenvalue weighted by Crippen LogP contribution is 2.32. The van der Waals surface area contributed by atoms with Gasteiger partial charge in [0, 0.05) is 12.0 Å². The Bertz CT molecular complexity index is 550. The normalized spacial score (nSPS) is 15.0. The number of halogens is 3. The molecule has 0 fully saturated rings. The van der Waals surface area contributed by atoms with Crippen molar-refractivity contribution < 1.29 is 22.7 Å². The number of nitrogens with one attached hydrogen (secondary N) is 1. The van der Waals surface area contributed by atoms with Crippen molar-refractivity contribution in [3.63, 3.8) is 0 Å². The average molecular weight is 331 g/mol. The molecule has 0 bridgehead atoms. The van der Waals surface area contributed by atoms with Gasteiger partial charge in [-0.2, -0.15) is 0 Å². The van der Waals surface area contributed by atoms with Gasteiger partial charge in [-0.25, -0.2) is 18.0 Å². The van der Waals surface area contributed by atoms with Gasteiger partial charge in [0.1, 0.15) is 11.4 Å². The molecule has 0 saturated carbocycles. The molecule has 1 unspecified atom stereocenters. The van der Waals surface area contributed by atoms with E-state index in [2.05, 4.69) is 5.32 Å². The number of carbonyl (C=O) groups is 1. The summed E-state index contributed by atoms with van der Waals surface area (Å²) >= 11 is 0. The summed E-state index contributed by atoms with van der Waals surface area (Å²) in [6, 6.07) is 5.80. The van der Waals surface area contributed by atoms with E-state index in [-0.39, 0.29) is 12.0 Å². The Labute approximate surface area is 135 Å². The highest BCUT2D eigenvalue weighted by molar-refractivity contribution is 5.69. The van der Waals surface area contributed by atoms with Crippen LogP contribution in [0.5, 0.6) is 0 Å². The minimum atomic E-state index is -2.91. The van der Waals surface area contributed by atoms with Crippen molar-refractivity contribution in [3.8, 4) is 0 Å². The Hall–Kier alpha value is -1.72. The number of alkyl carbamates (subject to hydrolysis) is 1. The Balaban J connectivity index is 3.06. The van der Waals surface area contributed by atoms with E-state index in [0.29, 0.717) is 0 Å². The van der Waals surface area contributed by atoms with Crippen LogP contribution in [-0.2, 0) is 10.3 Å². The van der Waals surface area contributed by atoms with Crippen LogP contribution < -0.4 is 5.32 Å². The fourth-order valence-electron chi connectivity index (χ4n) is 2.17. The highest BCUT2D eigenvalue weighted by atomic mass is 19.3.